The highest BCUT2D eigenvalue weighted by atomic mass is 16.4. The van der Waals surface area contributed by atoms with Crippen LogP contribution in [0.15, 0.2) is 0 Å². The molecule has 0 heterocycles. The second kappa shape index (κ2) is 8.63. The number of rotatable bonds is 10. The van der Waals surface area contributed by atoms with Crippen molar-refractivity contribution >= 4 is 5.97 Å². The Kier molecular flexibility index (Phi) is 8.36. The van der Waals surface area contributed by atoms with E-state index < -0.39 is 11.5 Å². The van der Waals surface area contributed by atoms with E-state index in [1.165, 1.54) is 0 Å². The van der Waals surface area contributed by atoms with Gasteiger partial charge >= 0.3 is 5.97 Å². The smallest absolute Gasteiger partial charge is 0.323 e. The number of unbranched alkanes of at least 4 members (excludes halogenated alkanes) is 1. The van der Waals surface area contributed by atoms with E-state index in [1.54, 1.807) is 6.92 Å². The van der Waals surface area contributed by atoms with Gasteiger partial charge in [-0.1, -0.05) is 27.7 Å². The molecule has 120 valence electrons. The molecule has 0 amide bonds. The summed E-state index contributed by atoms with van der Waals surface area (Å²) in [5, 5.41) is 12.5. The predicted octanol–water partition coefficient (Wildman–Crippen LogP) is 2.98. The Balaban J connectivity index is 4.04. The van der Waals surface area contributed by atoms with E-state index >= 15 is 0 Å². The fraction of sp³-hybridized carbons (Fsp3) is 0.938. The van der Waals surface area contributed by atoms with E-state index in [4.69, 9.17) is 0 Å². The highest BCUT2D eigenvalue weighted by Crippen LogP contribution is 2.17. The van der Waals surface area contributed by atoms with Crippen molar-refractivity contribution in [3.63, 3.8) is 0 Å². The summed E-state index contributed by atoms with van der Waals surface area (Å²) in [6.07, 6.45) is 3.63. The lowest BCUT2D eigenvalue weighted by Crippen LogP contribution is -2.49. The second-order valence-electron chi connectivity index (χ2n) is 7.32. The molecule has 1 unspecified atom stereocenters. The van der Waals surface area contributed by atoms with E-state index in [2.05, 4.69) is 45.0 Å². The number of hydrogen-bond acceptors (Lipinski definition) is 3. The van der Waals surface area contributed by atoms with Crippen LogP contribution in [0.1, 0.15) is 60.3 Å². The Morgan fingerprint density at radius 3 is 2.25 bits per heavy atom. The Labute approximate surface area is 124 Å². The first-order chi connectivity index (χ1) is 9.10. The zero-order chi connectivity index (χ0) is 15.8. The number of carboxylic acids is 1. The predicted molar refractivity (Wildman–Crippen MR) is 85.1 cm³/mol. The van der Waals surface area contributed by atoms with E-state index in [0.29, 0.717) is 11.8 Å². The van der Waals surface area contributed by atoms with Crippen LogP contribution in [0.25, 0.3) is 0 Å². The summed E-state index contributed by atoms with van der Waals surface area (Å²) in [7, 11) is 2.14. The molecule has 4 heteroatoms. The van der Waals surface area contributed by atoms with Crippen molar-refractivity contribution in [1.29, 1.82) is 0 Å². The van der Waals surface area contributed by atoms with Crippen LogP contribution in [0.5, 0.6) is 0 Å². The molecule has 0 aliphatic heterocycles. The van der Waals surface area contributed by atoms with Crippen LogP contribution < -0.4 is 5.32 Å². The largest absolute Gasteiger partial charge is 0.480 e. The van der Waals surface area contributed by atoms with Crippen LogP contribution >= 0.6 is 0 Å². The molecule has 0 rings (SSSR count). The zero-order valence-corrected chi connectivity index (χ0v) is 14.3. The van der Waals surface area contributed by atoms with Gasteiger partial charge in [0.1, 0.15) is 5.54 Å². The maximum atomic E-state index is 11.4. The Hall–Kier alpha value is -0.610. The van der Waals surface area contributed by atoms with Crippen molar-refractivity contribution in [2.24, 2.45) is 5.41 Å². The van der Waals surface area contributed by atoms with Gasteiger partial charge in [-0.15, -0.1) is 0 Å². The van der Waals surface area contributed by atoms with Crippen LogP contribution in [0.3, 0.4) is 0 Å². The van der Waals surface area contributed by atoms with Gasteiger partial charge in [0.2, 0.25) is 0 Å². The van der Waals surface area contributed by atoms with Crippen LogP contribution in [0.4, 0.5) is 0 Å². The van der Waals surface area contributed by atoms with Gasteiger partial charge in [-0.2, -0.15) is 0 Å². The number of nitrogens with zero attached hydrogens (tertiary/aromatic N) is 1. The first-order valence-corrected chi connectivity index (χ1v) is 7.78. The third-order valence-electron chi connectivity index (χ3n) is 3.45. The molecule has 0 aromatic carbocycles. The molecule has 2 N–H and O–H groups in total. The van der Waals surface area contributed by atoms with Gasteiger partial charge in [-0.05, 0) is 58.2 Å². The Morgan fingerprint density at radius 1 is 1.20 bits per heavy atom. The maximum absolute atomic E-state index is 11.4. The normalized spacial score (nSPS) is 15.3. The summed E-state index contributed by atoms with van der Waals surface area (Å²) in [6, 6.07) is 0. The minimum Gasteiger partial charge on any atom is -0.480 e. The van der Waals surface area contributed by atoms with Gasteiger partial charge in [0.05, 0.1) is 0 Å². The fourth-order valence-electron chi connectivity index (χ4n) is 2.42. The molecule has 0 fully saturated rings. The SMILES string of the molecule is CCCNC(C)(CCCCN(C)CC(C)(C)C)C(=O)O. The van der Waals surface area contributed by atoms with Crippen molar-refractivity contribution in [1.82, 2.24) is 10.2 Å². The van der Waals surface area contributed by atoms with Crippen LogP contribution in [0.2, 0.25) is 0 Å². The van der Waals surface area contributed by atoms with Crippen LogP contribution in [0, 0.1) is 5.41 Å². The van der Waals surface area contributed by atoms with Crippen molar-refractivity contribution in [2.75, 3.05) is 26.7 Å². The van der Waals surface area contributed by atoms with Crippen molar-refractivity contribution < 1.29 is 9.90 Å². The van der Waals surface area contributed by atoms with Gasteiger partial charge in [0, 0.05) is 6.54 Å². The summed E-state index contributed by atoms with van der Waals surface area (Å²) in [4.78, 5) is 13.7. The van der Waals surface area contributed by atoms with Crippen molar-refractivity contribution in [3.05, 3.63) is 0 Å². The molecular formula is C16H34N2O2. The summed E-state index contributed by atoms with van der Waals surface area (Å²) in [5.74, 6) is -0.742. The van der Waals surface area contributed by atoms with Crippen LogP contribution in [-0.2, 0) is 4.79 Å². The molecule has 0 aromatic rings. The van der Waals surface area contributed by atoms with E-state index in [9.17, 15) is 9.90 Å². The second-order valence-corrected chi connectivity index (χ2v) is 7.32. The van der Waals surface area contributed by atoms with Gasteiger partial charge in [0.15, 0.2) is 0 Å². The summed E-state index contributed by atoms with van der Waals surface area (Å²) < 4.78 is 0. The minimum atomic E-state index is -0.779. The average Bonchev–Trinajstić information content (AvgIpc) is 2.29. The van der Waals surface area contributed by atoms with E-state index in [1.807, 2.05) is 0 Å². The number of hydrogen-bond donors (Lipinski definition) is 2. The van der Waals surface area contributed by atoms with Gasteiger partial charge < -0.3 is 15.3 Å². The number of carbonyl (C=O) groups is 1. The summed E-state index contributed by atoms with van der Waals surface area (Å²) in [6.45, 7) is 13.4. The first kappa shape index (κ1) is 19.4. The molecule has 0 bridgehead atoms. The standard InChI is InChI=1S/C16H34N2O2/c1-7-11-17-16(5,14(19)20)10-8-9-12-18(6)13-15(2,3)4/h17H,7-13H2,1-6H3,(H,19,20). The molecule has 20 heavy (non-hydrogen) atoms. The molecule has 0 aliphatic rings. The topological polar surface area (TPSA) is 52.6 Å². The third kappa shape index (κ3) is 8.54. The minimum absolute atomic E-state index is 0.313. The Bertz CT molecular complexity index is 287. The van der Waals surface area contributed by atoms with Gasteiger partial charge in [-0.3, -0.25) is 4.79 Å². The molecule has 0 saturated carbocycles. The molecule has 0 saturated heterocycles. The van der Waals surface area contributed by atoms with E-state index in [0.717, 1.165) is 38.9 Å². The summed E-state index contributed by atoms with van der Waals surface area (Å²) in [5.41, 5.74) is -0.467. The molecular weight excluding hydrogens is 252 g/mol. The fourth-order valence-corrected chi connectivity index (χ4v) is 2.42. The third-order valence-corrected chi connectivity index (χ3v) is 3.45. The number of aliphatic carboxylic acids is 1. The highest BCUT2D eigenvalue weighted by molar-refractivity contribution is 5.78. The average molecular weight is 286 g/mol. The lowest BCUT2D eigenvalue weighted by molar-refractivity contribution is -0.144. The van der Waals surface area contributed by atoms with Gasteiger partial charge in [0.25, 0.3) is 0 Å². The van der Waals surface area contributed by atoms with Crippen molar-refractivity contribution in [2.45, 2.75) is 65.8 Å². The molecule has 0 aliphatic carbocycles. The summed E-state index contributed by atoms with van der Waals surface area (Å²) >= 11 is 0. The molecule has 0 aromatic heterocycles. The van der Waals surface area contributed by atoms with Crippen molar-refractivity contribution in [3.8, 4) is 0 Å². The molecule has 0 spiro atoms. The highest BCUT2D eigenvalue weighted by Gasteiger charge is 2.31. The lowest BCUT2D eigenvalue weighted by Gasteiger charge is -2.28. The quantitative estimate of drug-likeness (QED) is 0.606. The molecule has 1 atom stereocenters. The first-order valence-electron chi connectivity index (χ1n) is 7.78. The lowest BCUT2D eigenvalue weighted by atomic mass is 9.94. The zero-order valence-electron chi connectivity index (χ0n) is 14.3. The maximum Gasteiger partial charge on any atom is 0.323 e. The molecule has 4 nitrogen and oxygen atoms in total. The van der Waals surface area contributed by atoms with E-state index in [-0.39, 0.29) is 0 Å². The van der Waals surface area contributed by atoms with Gasteiger partial charge in [-0.25, -0.2) is 0 Å². The monoisotopic (exact) mass is 286 g/mol. The number of nitrogens with one attached hydrogen (secondary N) is 1. The van der Waals surface area contributed by atoms with Crippen LogP contribution in [-0.4, -0.2) is 48.2 Å². The number of carboxylic acid groups (broad SMARTS) is 1. The molecule has 0 radical (unpaired) electrons. The Morgan fingerprint density at radius 2 is 1.80 bits per heavy atom.